The van der Waals surface area contributed by atoms with Gasteiger partial charge in [0.1, 0.15) is 0 Å². The third-order valence-corrected chi connectivity index (χ3v) is 2.60. The molecule has 0 aromatic heterocycles. The second-order valence-electron chi connectivity index (χ2n) is 4.11. The van der Waals surface area contributed by atoms with Gasteiger partial charge in [-0.05, 0) is 24.1 Å². The molecule has 1 aromatic carbocycles. The molecule has 0 aliphatic carbocycles. The first kappa shape index (κ1) is 16.0. The largest absolute Gasteiger partial charge is 0.493 e. The van der Waals surface area contributed by atoms with Crippen LogP contribution in [0.15, 0.2) is 30.9 Å². The summed E-state index contributed by atoms with van der Waals surface area (Å²) >= 11 is 0. The Morgan fingerprint density at radius 2 is 2.15 bits per heavy atom. The highest BCUT2D eigenvalue weighted by Gasteiger charge is 2.08. The number of nitrogens with one attached hydrogen (secondary N) is 1. The first-order valence-electron chi connectivity index (χ1n) is 6.37. The summed E-state index contributed by atoms with van der Waals surface area (Å²) in [4.78, 5) is 11.5. The molecule has 0 spiro atoms. The third-order valence-electron chi connectivity index (χ3n) is 2.60. The molecular formula is C15H21NO4. The first-order chi connectivity index (χ1) is 9.71. The van der Waals surface area contributed by atoms with Crippen LogP contribution in [0, 0.1) is 0 Å². The monoisotopic (exact) mass is 279 g/mol. The van der Waals surface area contributed by atoms with Gasteiger partial charge < -0.3 is 19.5 Å². The fraction of sp³-hybridized carbons (Fsp3) is 0.400. The zero-order valence-electron chi connectivity index (χ0n) is 12.0. The molecule has 0 saturated heterocycles. The van der Waals surface area contributed by atoms with Crippen molar-refractivity contribution in [3.8, 4) is 11.5 Å². The molecule has 5 heteroatoms. The second-order valence-corrected chi connectivity index (χ2v) is 4.11. The molecule has 0 aliphatic heterocycles. The van der Waals surface area contributed by atoms with E-state index < -0.39 is 0 Å². The average molecular weight is 279 g/mol. The Kier molecular flexibility index (Phi) is 7.21. The molecule has 1 rings (SSSR count). The lowest BCUT2D eigenvalue weighted by molar-refractivity contribution is -0.123. The molecule has 1 amide bonds. The molecule has 110 valence electrons. The number of benzene rings is 1. The highest BCUT2D eigenvalue weighted by Crippen LogP contribution is 2.28. The van der Waals surface area contributed by atoms with Crippen molar-refractivity contribution in [2.75, 3.05) is 34.0 Å². The molecule has 0 radical (unpaired) electrons. The zero-order valence-corrected chi connectivity index (χ0v) is 12.0. The second kappa shape index (κ2) is 8.98. The van der Waals surface area contributed by atoms with Crippen molar-refractivity contribution in [3.05, 3.63) is 36.4 Å². The van der Waals surface area contributed by atoms with E-state index in [1.807, 2.05) is 18.2 Å². The Morgan fingerprint density at radius 1 is 1.35 bits per heavy atom. The average Bonchev–Trinajstić information content (AvgIpc) is 2.46. The van der Waals surface area contributed by atoms with Crippen LogP contribution in [0.5, 0.6) is 11.5 Å². The number of rotatable bonds is 9. The molecular weight excluding hydrogens is 258 g/mol. The molecule has 0 fully saturated rings. The minimum atomic E-state index is -0.195. The lowest BCUT2D eigenvalue weighted by Gasteiger charge is -2.12. The normalized spacial score (nSPS) is 9.90. The van der Waals surface area contributed by atoms with Gasteiger partial charge in [0.2, 0.25) is 0 Å². The number of carbonyl (C=O) groups is 1. The van der Waals surface area contributed by atoms with E-state index in [4.69, 9.17) is 14.2 Å². The van der Waals surface area contributed by atoms with E-state index in [0.717, 1.165) is 12.0 Å². The number of hydrogen-bond donors (Lipinski definition) is 1. The number of amides is 1. The van der Waals surface area contributed by atoms with Crippen molar-refractivity contribution in [2.45, 2.75) is 6.42 Å². The fourth-order valence-electron chi connectivity index (χ4n) is 1.61. The Bertz CT molecular complexity index is 445. The van der Waals surface area contributed by atoms with Gasteiger partial charge in [0.15, 0.2) is 18.1 Å². The summed E-state index contributed by atoms with van der Waals surface area (Å²) in [5.74, 6) is 0.954. The summed E-state index contributed by atoms with van der Waals surface area (Å²) in [5.41, 5.74) is 1.08. The SMILES string of the molecule is C=CCc1ccc(OCC(=O)NCCOC)c(OC)c1. The Morgan fingerprint density at radius 3 is 2.80 bits per heavy atom. The van der Waals surface area contributed by atoms with Crippen molar-refractivity contribution >= 4 is 5.91 Å². The summed E-state index contributed by atoms with van der Waals surface area (Å²) in [5, 5.41) is 2.68. The molecule has 0 bridgehead atoms. The fourth-order valence-corrected chi connectivity index (χ4v) is 1.61. The van der Waals surface area contributed by atoms with Crippen LogP contribution in [0.4, 0.5) is 0 Å². The summed E-state index contributed by atoms with van der Waals surface area (Å²) in [6.07, 6.45) is 2.58. The van der Waals surface area contributed by atoms with Crippen LogP contribution in [-0.2, 0) is 16.0 Å². The standard InChI is InChI=1S/C15H21NO4/c1-4-5-12-6-7-13(14(10-12)19-3)20-11-15(17)16-8-9-18-2/h4,6-7,10H,1,5,8-9,11H2,2-3H3,(H,16,17). The van der Waals surface area contributed by atoms with Crippen LogP contribution >= 0.6 is 0 Å². The Balaban J connectivity index is 2.54. The number of carbonyl (C=O) groups excluding carboxylic acids is 1. The van der Waals surface area contributed by atoms with E-state index >= 15 is 0 Å². The van der Waals surface area contributed by atoms with Gasteiger partial charge in [-0.15, -0.1) is 6.58 Å². The van der Waals surface area contributed by atoms with Crippen LogP contribution in [0.3, 0.4) is 0 Å². The molecule has 0 heterocycles. The maximum Gasteiger partial charge on any atom is 0.258 e. The molecule has 5 nitrogen and oxygen atoms in total. The highest BCUT2D eigenvalue weighted by atomic mass is 16.5. The molecule has 0 saturated carbocycles. The van der Waals surface area contributed by atoms with Gasteiger partial charge in [0.05, 0.1) is 13.7 Å². The summed E-state index contributed by atoms with van der Waals surface area (Å²) in [6, 6.07) is 5.59. The minimum absolute atomic E-state index is 0.0547. The lowest BCUT2D eigenvalue weighted by atomic mass is 10.1. The van der Waals surface area contributed by atoms with Crippen LogP contribution in [-0.4, -0.2) is 39.9 Å². The lowest BCUT2D eigenvalue weighted by Crippen LogP contribution is -2.31. The van der Waals surface area contributed by atoms with E-state index in [1.54, 1.807) is 20.3 Å². The zero-order chi connectivity index (χ0) is 14.8. The van der Waals surface area contributed by atoms with E-state index in [9.17, 15) is 4.79 Å². The predicted molar refractivity (Wildman–Crippen MR) is 77.3 cm³/mol. The van der Waals surface area contributed by atoms with Gasteiger partial charge >= 0.3 is 0 Å². The Labute approximate surface area is 119 Å². The number of allylic oxidation sites excluding steroid dienone is 1. The highest BCUT2D eigenvalue weighted by molar-refractivity contribution is 5.77. The van der Waals surface area contributed by atoms with Crippen molar-refractivity contribution in [1.82, 2.24) is 5.32 Å². The molecule has 20 heavy (non-hydrogen) atoms. The van der Waals surface area contributed by atoms with Crippen molar-refractivity contribution < 1.29 is 19.0 Å². The van der Waals surface area contributed by atoms with Crippen LogP contribution in [0.1, 0.15) is 5.56 Å². The van der Waals surface area contributed by atoms with Crippen LogP contribution < -0.4 is 14.8 Å². The van der Waals surface area contributed by atoms with Crippen molar-refractivity contribution in [1.29, 1.82) is 0 Å². The van der Waals surface area contributed by atoms with Gasteiger partial charge in [-0.1, -0.05) is 12.1 Å². The number of ether oxygens (including phenoxy) is 3. The summed E-state index contributed by atoms with van der Waals surface area (Å²) in [7, 11) is 3.15. The maximum absolute atomic E-state index is 11.5. The van der Waals surface area contributed by atoms with Crippen LogP contribution in [0.25, 0.3) is 0 Å². The Hall–Kier alpha value is -2.01. The quantitative estimate of drug-likeness (QED) is 0.550. The molecule has 1 aromatic rings. The van der Waals surface area contributed by atoms with E-state index in [0.29, 0.717) is 24.7 Å². The van der Waals surface area contributed by atoms with Crippen molar-refractivity contribution in [3.63, 3.8) is 0 Å². The van der Waals surface area contributed by atoms with E-state index in [2.05, 4.69) is 11.9 Å². The van der Waals surface area contributed by atoms with Gasteiger partial charge in [-0.25, -0.2) is 0 Å². The van der Waals surface area contributed by atoms with Crippen LogP contribution in [0.2, 0.25) is 0 Å². The van der Waals surface area contributed by atoms with Gasteiger partial charge in [-0.2, -0.15) is 0 Å². The minimum Gasteiger partial charge on any atom is -0.493 e. The first-order valence-corrected chi connectivity index (χ1v) is 6.37. The molecule has 0 unspecified atom stereocenters. The topological polar surface area (TPSA) is 56.8 Å². The summed E-state index contributed by atoms with van der Waals surface area (Å²) < 4.78 is 15.5. The molecule has 0 aliphatic rings. The van der Waals surface area contributed by atoms with Gasteiger partial charge in [-0.3, -0.25) is 4.79 Å². The number of hydrogen-bond acceptors (Lipinski definition) is 4. The van der Waals surface area contributed by atoms with E-state index in [1.165, 1.54) is 0 Å². The van der Waals surface area contributed by atoms with Gasteiger partial charge in [0, 0.05) is 13.7 Å². The number of methoxy groups -OCH3 is 2. The third kappa shape index (κ3) is 5.32. The van der Waals surface area contributed by atoms with Crippen molar-refractivity contribution in [2.24, 2.45) is 0 Å². The maximum atomic E-state index is 11.5. The smallest absolute Gasteiger partial charge is 0.258 e. The van der Waals surface area contributed by atoms with Gasteiger partial charge in [0.25, 0.3) is 5.91 Å². The summed E-state index contributed by atoms with van der Waals surface area (Å²) in [6.45, 7) is 4.58. The predicted octanol–water partition coefficient (Wildman–Crippen LogP) is 1.57. The molecule has 1 N–H and O–H groups in total. The molecule has 0 atom stereocenters. The van der Waals surface area contributed by atoms with E-state index in [-0.39, 0.29) is 12.5 Å².